The predicted octanol–water partition coefficient (Wildman–Crippen LogP) is 3.48. The van der Waals surface area contributed by atoms with E-state index in [4.69, 9.17) is 28.6 Å². The molecule has 3 rings (SSSR count). The third-order valence-corrected chi connectivity index (χ3v) is 4.43. The van der Waals surface area contributed by atoms with Crippen molar-refractivity contribution in [2.45, 2.75) is 45.0 Å². The van der Waals surface area contributed by atoms with Crippen molar-refractivity contribution in [1.82, 2.24) is 10.2 Å². The fourth-order valence-corrected chi connectivity index (χ4v) is 3.91. The summed E-state index contributed by atoms with van der Waals surface area (Å²) < 4.78 is 6.23. The molecule has 1 aromatic rings. The SMILES string of the molecule is CC(C)N1C(=S)NC2CC1(C)Oc1c(Cl)cccc12. The van der Waals surface area contributed by atoms with Crippen molar-refractivity contribution in [2.75, 3.05) is 0 Å². The zero-order chi connectivity index (χ0) is 13.8. The number of hydrogen-bond acceptors (Lipinski definition) is 2. The highest BCUT2D eigenvalue weighted by atomic mass is 35.5. The maximum absolute atomic E-state index is 6.28. The lowest BCUT2D eigenvalue weighted by molar-refractivity contribution is -0.0807. The highest BCUT2D eigenvalue weighted by Crippen LogP contribution is 2.47. The molecule has 0 amide bonds. The van der Waals surface area contributed by atoms with Gasteiger partial charge in [0.15, 0.2) is 10.8 Å². The first-order chi connectivity index (χ1) is 8.92. The van der Waals surface area contributed by atoms with Gasteiger partial charge in [0.05, 0.1) is 11.1 Å². The number of benzene rings is 1. The van der Waals surface area contributed by atoms with E-state index in [0.717, 1.165) is 22.8 Å². The molecule has 1 N–H and O–H groups in total. The van der Waals surface area contributed by atoms with Gasteiger partial charge in [-0.15, -0.1) is 0 Å². The Balaban J connectivity index is 2.11. The molecule has 1 aromatic carbocycles. The van der Waals surface area contributed by atoms with Gasteiger partial charge in [0.2, 0.25) is 0 Å². The van der Waals surface area contributed by atoms with Gasteiger partial charge in [-0.1, -0.05) is 23.7 Å². The van der Waals surface area contributed by atoms with Crippen LogP contribution >= 0.6 is 23.8 Å². The molecule has 102 valence electrons. The number of rotatable bonds is 1. The van der Waals surface area contributed by atoms with Crippen molar-refractivity contribution in [1.29, 1.82) is 0 Å². The van der Waals surface area contributed by atoms with Gasteiger partial charge >= 0.3 is 0 Å². The summed E-state index contributed by atoms with van der Waals surface area (Å²) in [6, 6.07) is 6.31. The van der Waals surface area contributed by atoms with Crippen LogP contribution in [0.3, 0.4) is 0 Å². The molecule has 2 unspecified atom stereocenters. The van der Waals surface area contributed by atoms with Crippen LogP contribution in [-0.4, -0.2) is 21.8 Å². The molecule has 1 fully saturated rings. The van der Waals surface area contributed by atoms with Crippen LogP contribution in [0.1, 0.15) is 38.8 Å². The van der Waals surface area contributed by atoms with Crippen LogP contribution in [0, 0.1) is 0 Å². The van der Waals surface area contributed by atoms with E-state index in [9.17, 15) is 0 Å². The maximum atomic E-state index is 6.28. The van der Waals surface area contributed by atoms with Crippen LogP contribution in [0.2, 0.25) is 5.02 Å². The fourth-order valence-electron chi connectivity index (χ4n) is 3.15. The Kier molecular flexibility index (Phi) is 2.91. The summed E-state index contributed by atoms with van der Waals surface area (Å²) in [5.74, 6) is 0.781. The van der Waals surface area contributed by atoms with Gasteiger partial charge in [-0.25, -0.2) is 0 Å². The van der Waals surface area contributed by atoms with E-state index in [1.165, 1.54) is 0 Å². The number of thiocarbonyl (C=S) groups is 1. The van der Waals surface area contributed by atoms with Crippen LogP contribution in [0.25, 0.3) is 0 Å². The lowest BCUT2D eigenvalue weighted by Gasteiger charge is -2.54. The summed E-state index contributed by atoms with van der Waals surface area (Å²) in [6.45, 7) is 6.31. The maximum Gasteiger partial charge on any atom is 0.184 e. The molecular formula is C14H17ClN2OS. The summed E-state index contributed by atoms with van der Waals surface area (Å²) >= 11 is 11.8. The summed E-state index contributed by atoms with van der Waals surface area (Å²) in [6.07, 6.45) is 0.860. The topological polar surface area (TPSA) is 24.5 Å². The summed E-state index contributed by atoms with van der Waals surface area (Å²) in [7, 11) is 0. The van der Waals surface area contributed by atoms with Crippen molar-refractivity contribution in [2.24, 2.45) is 0 Å². The number of nitrogens with one attached hydrogen (secondary N) is 1. The van der Waals surface area contributed by atoms with Crippen LogP contribution in [0.4, 0.5) is 0 Å². The predicted molar refractivity (Wildman–Crippen MR) is 80.6 cm³/mol. The second kappa shape index (κ2) is 4.25. The van der Waals surface area contributed by atoms with Crippen molar-refractivity contribution >= 4 is 28.9 Å². The van der Waals surface area contributed by atoms with Crippen LogP contribution in [0.15, 0.2) is 18.2 Å². The Morgan fingerprint density at radius 2 is 2.26 bits per heavy atom. The van der Waals surface area contributed by atoms with Gasteiger partial charge in [0.1, 0.15) is 5.75 Å². The quantitative estimate of drug-likeness (QED) is 0.802. The molecular weight excluding hydrogens is 280 g/mol. The molecule has 2 aliphatic heterocycles. The number of para-hydroxylation sites is 1. The largest absolute Gasteiger partial charge is 0.466 e. The molecule has 5 heteroatoms. The highest BCUT2D eigenvalue weighted by Gasteiger charge is 2.48. The molecule has 0 aliphatic carbocycles. The van der Waals surface area contributed by atoms with Crippen LogP contribution < -0.4 is 10.1 Å². The first-order valence-corrected chi connectivity index (χ1v) is 7.28. The molecule has 2 heterocycles. The van der Waals surface area contributed by atoms with Crippen molar-refractivity contribution in [3.8, 4) is 5.75 Å². The molecule has 0 radical (unpaired) electrons. The molecule has 2 aliphatic rings. The van der Waals surface area contributed by atoms with Gasteiger partial charge in [-0.3, -0.25) is 0 Å². The summed E-state index contributed by atoms with van der Waals surface area (Å²) in [5.41, 5.74) is 0.662. The van der Waals surface area contributed by atoms with Gasteiger partial charge in [0, 0.05) is 18.0 Å². The Labute approximate surface area is 123 Å². The van der Waals surface area contributed by atoms with Crippen molar-refractivity contribution in [3.05, 3.63) is 28.8 Å². The van der Waals surface area contributed by atoms with Gasteiger partial charge in [0.25, 0.3) is 0 Å². The fraction of sp³-hybridized carbons (Fsp3) is 0.500. The zero-order valence-corrected chi connectivity index (χ0v) is 12.8. The number of nitrogens with zero attached hydrogens (tertiary/aromatic N) is 1. The zero-order valence-electron chi connectivity index (χ0n) is 11.2. The monoisotopic (exact) mass is 296 g/mol. The van der Waals surface area contributed by atoms with E-state index in [-0.39, 0.29) is 12.1 Å². The standard InChI is InChI=1S/C14H17ClN2OS/c1-8(2)17-13(19)16-11-7-14(17,3)18-12-9(11)5-4-6-10(12)15/h4-6,8,11H,7H2,1-3H3,(H,16,19). The number of halogens is 1. The first-order valence-electron chi connectivity index (χ1n) is 6.49. The molecule has 1 saturated heterocycles. The van der Waals surface area contributed by atoms with Gasteiger partial charge < -0.3 is 15.0 Å². The van der Waals surface area contributed by atoms with Crippen LogP contribution in [0.5, 0.6) is 5.75 Å². The smallest absolute Gasteiger partial charge is 0.184 e. The third-order valence-electron chi connectivity index (χ3n) is 3.82. The number of ether oxygens (including phenoxy) is 1. The Hall–Kier alpha value is -1.00. The Morgan fingerprint density at radius 3 is 2.95 bits per heavy atom. The van der Waals surface area contributed by atoms with E-state index < -0.39 is 5.72 Å². The molecule has 0 spiro atoms. The molecule has 0 aromatic heterocycles. The second-order valence-electron chi connectivity index (χ2n) is 5.61. The van der Waals surface area contributed by atoms with E-state index >= 15 is 0 Å². The molecule has 3 nitrogen and oxygen atoms in total. The van der Waals surface area contributed by atoms with Crippen molar-refractivity contribution in [3.63, 3.8) is 0 Å². The average Bonchev–Trinajstić information content (AvgIpc) is 2.29. The normalized spacial score (nSPS) is 28.8. The van der Waals surface area contributed by atoms with Crippen molar-refractivity contribution < 1.29 is 4.74 Å². The summed E-state index contributed by atoms with van der Waals surface area (Å²) in [4.78, 5) is 2.12. The minimum atomic E-state index is -0.431. The Morgan fingerprint density at radius 1 is 1.53 bits per heavy atom. The second-order valence-corrected chi connectivity index (χ2v) is 6.40. The third kappa shape index (κ3) is 1.89. The van der Waals surface area contributed by atoms with E-state index in [1.54, 1.807) is 0 Å². The van der Waals surface area contributed by atoms with E-state index in [0.29, 0.717) is 5.02 Å². The number of hydrogen-bond donors (Lipinski definition) is 1. The van der Waals surface area contributed by atoms with Gasteiger partial charge in [-0.2, -0.15) is 0 Å². The minimum Gasteiger partial charge on any atom is -0.466 e. The molecule has 19 heavy (non-hydrogen) atoms. The van der Waals surface area contributed by atoms with E-state index in [2.05, 4.69) is 31.0 Å². The van der Waals surface area contributed by atoms with E-state index in [1.807, 2.05) is 18.2 Å². The lowest BCUT2D eigenvalue weighted by atomic mass is 9.90. The first kappa shape index (κ1) is 13.0. The van der Waals surface area contributed by atoms with Crippen LogP contribution in [-0.2, 0) is 0 Å². The van der Waals surface area contributed by atoms with Gasteiger partial charge in [-0.05, 0) is 39.1 Å². The molecule has 2 bridgehead atoms. The average molecular weight is 297 g/mol. The molecule has 0 saturated carbocycles. The lowest BCUT2D eigenvalue weighted by Crippen LogP contribution is -2.66. The molecule has 2 atom stereocenters. The highest BCUT2D eigenvalue weighted by molar-refractivity contribution is 7.80. The number of fused-ring (bicyclic) bond motifs is 4. The minimum absolute atomic E-state index is 0.176. The summed E-state index contributed by atoms with van der Waals surface area (Å²) in [5, 5.41) is 4.81. The Bertz CT molecular complexity index is 548.